The van der Waals surface area contributed by atoms with Crippen LogP contribution in [0.2, 0.25) is 0 Å². The van der Waals surface area contributed by atoms with Gasteiger partial charge < -0.3 is 20.4 Å². The number of hydrogen-bond acceptors (Lipinski definition) is 4. The first-order valence-electron chi connectivity index (χ1n) is 9.88. The van der Waals surface area contributed by atoms with E-state index in [0.717, 1.165) is 44.6 Å². The second kappa shape index (κ2) is 8.65. The molecule has 0 saturated carbocycles. The Morgan fingerprint density at radius 3 is 2.75 bits per heavy atom. The molecule has 0 radical (unpaired) electrons. The average Bonchev–Trinajstić information content (AvgIpc) is 3.41. The predicted octanol–water partition coefficient (Wildman–Crippen LogP) is 2.47. The monoisotopic (exact) mass is 397 g/mol. The lowest BCUT2D eigenvalue weighted by Crippen LogP contribution is -2.50. The summed E-state index contributed by atoms with van der Waals surface area (Å²) in [5.74, 6) is 0.788. The molecule has 1 fully saturated rings. The highest BCUT2D eigenvalue weighted by Crippen LogP contribution is 2.27. The standard InChI is InChI=1S/C21H27N5OS/c1-22-21(24-17-9-11-25(12-10-17)20-7-4-14-28-20)23-15-19(27)26-13-8-16-5-2-3-6-18(16)26/h2-7,14,17H,8-13,15H2,1H3,(H2,22,23,24). The zero-order chi connectivity index (χ0) is 19.3. The molecule has 0 spiro atoms. The number of aliphatic imine (C=N–C) groups is 1. The summed E-state index contributed by atoms with van der Waals surface area (Å²) < 4.78 is 0. The first-order valence-corrected chi connectivity index (χ1v) is 10.8. The van der Waals surface area contributed by atoms with Crippen molar-refractivity contribution in [2.45, 2.75) is 25.3 Å². The fourth-order valence-electron chi connectivity index (χ4n) is 3.93. The van der Waals surface area contributed by atoms with Crippen LogP contribution in [-0.4, -0.2) is 51.1 Å². The van der Waals surface area contributed by atoms with Gasteiger partial charge in [0.15, 0.2) is 5.96 Å². The number of guanidine groups is 1. The fraction of sp³-hybridized carbons (Fsp3) is 0.429. The van der Waals surface area contributed by atoms with Crippen molar-refractivity contribution in [2.24, 2.45) is 4.99 Å². The largest absolute Gasteiger partial charge is 0.363 e. The molecule has 2 aliphatic heterocycles. The molecule has 2 aromatic rings. The molecule has 2 N–H and O–H groups in total. The minimum Gasteiger partial charge on any atom is -0.363 e. The van der Waals surface area contributed by atoms with E-state index in [9.17, 15) is 4.79 Å². The molecule has 3 heterocycles. The van der Waals surface area contributed by atoms with E-state index < -0.39 is 0 Å². The highest BCUT2D eigenvalue weighted by atomic mass is 32.1. The third-order valence-corrected chi connectivity index (χ3v) is 6.40. The fourth-order valence-corrected chi connectivity index (χ4v) is 4.72. The number of nitrogens with zero attached hydrogens (tertiary/aromatic N) is 3. The van der Waals surface area contributed by atoms with E-state index in [2.05, 4.69) is 44.1 Å². The van der Waals surface area contributed by atoms with E-state index >= 15 is 0 Å². The number of carbonyl (C=O) groups excluding carboxylic acids is 1. The van der Waals surface area contributed by atoms with Crippen molar-refractivity contribution in [3.05, 3.63) is 47.3 Å². The Morgan fingerprint density at radius 1 is 1.18 bits per heavy atom. The van der Waals surface area contributed by atoms with Crippen molar-refractivity contribution >= 4 is 33.9 Å². The van der Waals surface area contributed by atoms with Crippen LogP contribution < -0.4 is 20.4 Å². The smallest absolute Gasteiger partial charge is 0.246 e. The first-order chi connectivity index (χ1) is 13.7. The lowest BCUT2D eigenvalue weighted by Gasteiger charge is -2.33. The number of carbonyl (C=O) groups is 1. The number of amides is 1. The minimum atomic E-state index is 0.0837. The molecule has 4 rings (SSSR count). The van der Waals surface area contributed by atoms with E-state index in [1.165, 1.54) is 10.6 Å². The molecule has 1 aromatic carbocycles. The summed E-state index contributed by atoms with van der Waals surface area (Å²) in [7, 11) is 1.76. The zero-order valence-electron chi connectivity index (χ0n) is 16.2. The number of para-hydroxylation sites is 1. The van der Waals surface area contributed by atoms with Crippen LogP contribution in [0.25, 0.3) is 0 Å². The predicted molar refractivity (Wildman–Crippen MR) is 117 cm³/mol. The number of hydrogen-bond donors (Lipinski definition) is 2. The Balaban J connectivity index is 1.25. The molecule has 2 aliphatic rings. The van der Waals surface area contributed by atoms with Gasteiger partial charge in [0.2, 0.25) is 5.91 Å². The van der Waals surface area contributed by atoms with Crippen LogP contribution in [0.4, 0.5) is 10.7 Å². The van der Waals surface area contributed by atoms with Crippen LogP contribution in [0.5, 0.6) is 0 Å². The number of fused-ring (bicyclic) bond motifs is 1. The molecule has 0 atom stereocenters. The number of anilines is 2. The second-order valence-electron chi connectivity index (χ2n) is 7.21. The molecule has 1 amide bonds. The maximum Gasteiger partial charge on any atom is 0.246 e. The molecule has 28 heavy (non-hydrogen) atoms. The van der Waals surface area contributed by atoms with Crippen molar-refractivity contribution in [3.8, 4) is 0 Å². The van der Waals surface area contributed by atoms with E-state index in [4.69, 9.17) is 0 Å². The highest BCUT2D eigenvalue weighted by molar-refractivity contribution is 7.14. The van der Waals surface area contributed by atoms with Gasteiger partial charge in [0.25, 0.3) is 0 Å². The molecule has 0 aliphatic carbocycles. The summed E-state index contributed by atoms with van der Waals surface area (Å²) in [5.41, 5.74) is 2.29. The summed E-state index contributed by atoms with van der Waals surface area (Å²) >= 11 is 1.79. The van der Waals surface area contributed by atoms with E-state index in [1.807, 2.05) is 23.1 Å². The number of benzene rings is 1. The van der Waals surface area contributed by atoms with Gasteiger partial charge in [-0.05, 0) is 48.4 Å². The van der Waals surface area contributed by atoms with Crippen molar-refractivity contribution in [2.75, 3.05) is 43.0 Å². The van der Waals surface area contributed by atoms with Crippen LogP contribution in [0.15, 0.2) is 46.8 Å². The van der Waals surface area contributed by atoms with Gasteiger partial charge in [0, 0.05) is 38.4 Å². The van der Waals surface area contributed by atoms with E-state index in [1.54, 1.807) is 18.4 Å². The van der Waals surface area contributed by atoms with Crippen LogP contribution in [0.3, 0.4) is 0 Å². The molecule has 0 bridgehead atoms. The molecule has 7 heteroatoms. The van der Waals surface area contributed by atoms with Crippen molar-refractivity contribution in [1.29, 1.82) is 0 Å². The normalized spacial score (nSPS) is 17.5. The maximum atomic E-state index is 12.7. The van der Waals surface area contributed by atoms with Gasteiger partial charge in [-0.1, -0.05) is 18.2 Å². The Hall–Kier alpha value is -2.54. The molecule has 0 unspecified atom stereocenters. The topological polar surface area (TPSA) is 60.0 Å². The third-order valence-electron chi connectivity index (χ3n) is 5.47. The summed E-state index contributed by atoms with van der Waals surface area (Å²) in [6, 6.07) is 12.8. The quantitative estimate of drug-likeness (QED) is 0.615. The SMILES string of the molecule is CN=C(NCC(=O)N1CCc2ccccc21)NC1CCN(c2cccs2)CC1. The van der Waals surface area contributed by atoms with Crippen LogP contribution in [0.1, 0.15) is 18.4 Å². The summed E-state index contributed by atoms with van der Waals surface area (Å²) in [5, 5.41) is 10.2. The number of nitrogens with one attached hydrogen (secondary N) is 2. The molecular formula is C21H27N5OS. The van der Waals surface area contributed by atoms with Gasteiger partial charge in [-0.25, -0.2) is 0 Å². The van der Waals surface area contributed by atoms with Crippen molar-refractivity contribution in [3.63, 3.8) is 0 Å². The molecule has 6 nitrogen and oxygen atoms in total. The van der Waals surface area contributed by atoms with Crippen LogP contribution in [-0.2, 0) is 11.2 Å². The summed E-state index contributed by atoms with van der Waals surface area (Å²) in [4.78, 5) is 21.3. The van der Waals surface area contributed by atoms with Crippen molar-refractivity contribution < 1.29 is 4.79 Å². The third kappa shape index (κ3) is 4.14. The Labute approximate surface area is 170 Å². The van der Waals surface area contributed by atoms with E-state index in [-0.39, 0.29) is 12.5 Å². The second-order valence-corrected chi connectivity index (χ2v) is 8.13. The number of thiophene rings is 1. The van der Waals surface area contributed by atoms with Gasteiger partial charge in [0.1, 0.15) is 0 Å². The van der Waals surface area contributed by atoms with Gasteiger partial charge in [0.05, 0.1) is 11.5 Å². The average molecular weight is 398 g/mol. The minimum absolute atomic E-state index is 0.0837. The summed E-state index contributed by atoms with van der Waals surface area (Å²) in [6.45, 7) is 3.09. The Morgan fingerprint density at radius 2 is 2.00 bits per heavy atom. The highest BCUT2D eigenvalue weighted by Gasteiger charge is 2.25. The first kappa shape index (κ1) is 18.8. The molecule has 1 aromatic heterocycles. The molecule has 148 valence electrons. The number of rotatable bonds is 4. The van der Waals surface area contributed by atoms with Crippen molar-refractivity contribution in [1.82, 2.24) is 10.6 Å². The maximum absolute atomic E-state index is 12.7. The van der Waals surface area contributed by atoms with E-state index in [0.29, 0.717) is 12.0 Å². The lowest BCUT2D eigenvalue weighted by atomic mass is 10.1. The zero-order valence-corrected chi connectivity index (χ0v) is 17.0. The van der Waals surface area contributed by atoms with Crippen LogP contribution >= 0.6 is 11.3 Å². The van der Waals surface area contributed by atoms with Gasteiger partial charge in [-0.2, -0.15) is 0 Å². The van der Waals surface area contributed by atoms with Gasteiger partial charge >= 0.3 is 0 Å². The molecular weight excluding hydrogens is 370 g/mol. The number of piperidine rings is 1. The summed E-state index contributed by atoms with van der Waals surface area (Å²) in [6.07, 6.45) is 3.05. The molecule has 1 saturated heterocycles. The van der Waals surface area contributed by atoms with Crippen LogP contribution in [0, 0.1) is 0 Å². The lowest BCUT2D eigenvalue weighted by molar-refractivity contribution is -0.117. The van der Waals surface area contributed by atoms with Gasteiger partial charge in [-0.15, -0.1) is 11.3 Å². The Kier molecular flexibility index (Phi) is 5.81. The Bertz CT molecular complexity index is 827. The van der Waals surface area contributed by atoms with Gasteiger partial charge in [-0.3, -0.25) is 9.79 Å².